The number of unbranched alkanes of at least 4 members (excludes halogenated alkanes) is 9. The Bertz CT molecular complexity index is 210. The summed E-state index contributed by atoms with van der Waals surface area (Å²) in [6, 6.07) is 0. The van der Waals surface area contributed by atoms with Gasteiger partial charge in [0.2, 0.25) is 0 Å². The topological polar surface area (TPSA) is 40.5 Å². The van der Waals surface area contributed by atoms with Gasteiger partial charge in [-0.25, -0.2) is 0 Å². The van der Waals surface area contributed by atoms with Crippen molar-refractivity contribution >= 4 is 43.7 Å². The molecule has 0 amide bonds. The molecule has 19 heavy (non-hydrogen) atoms. The maximum Gasteiger partial charge on any atom is 2.00 e. The van der Waals surface area contributed by atoms with Crippen molar-refractivity contribution in [1.82, 2.24) is 4.90 Å². The van der Waals surface area contributed by atoms with Crippen LogP contribution in [0.25, 0.3) is 0 Å². The van der Waals surface area contributed by atoms with Crippen LogP contribution in [0.2, 0.25) is 0 Å². The van der Waals surface area contributed by atoms with Gasteiger partial charge >= 0.3 is 43.7 Å². The van der Waals surface area contributed by atoms with Gasteiger partial charge in [-0.3, -0.25) is 9.69 Å². The standard InChI is InChI=1S/C15H31NO2.Ca.2H/c1-3-4-5-6-7-8-9-10-11-12-13-16(2)14-15(17)18;;;/h3-14H2,1-2H3,(H,17,18);;;/q;+2;2*-1. The van der Waals surface area contributed by atoms with Gasteiger partial charge in [-0.1, -0.05) is 64.7 Å². The largest absolute Gasteiger partial charge is 2.00 e. The van der Waals surface area contributed by atoms with Crippen molar-refractivity contribution in [2.75, 3.05) is 20.1 Å². The maximum atomic E-state index is 10.5. The number of hydrogen-bond donors (Lipinski definition) is 1. The second-order valence-electron chi connectivity index (χ2n) is 5.31. The Labute approximate surface area is 152 Å². The van der Waals surface area contributed by atoms with Crippen molar-refractivity contribution in [2.24, 2.45) is 0 Å². The monoisotopic (exact) mass is 299 g/mol. The van der Waals surface area contributed by atoms with Crippen LogP contribution in [0, 0.1) is 0 Å². The molecule has 4 heteroatoms. The third-order valence-electron chi connectivity index (χ3n) is 3.30. The molecule has 0 saturated heterocycles. The molecule has 0 heterocycles. The fourth-order valence-corrected chi connectivity index (χ4v) is 2.18. The molecule has 0 radical (unpaired) electrons. The van der Waals surface area contributed by atoms with E-state index in [4.69, 9.17) is 5.11 Å². The molecule has 0 aromatic heterocycles. The SMILES string of the molecule is CCCCCCCCCCCCN(C)CC(=O)O.[Ca+2].[H-].[H-]. The molecule has 0 aliphatic carbocycles. The normalized spacial score (nSPS) is 10.5. The van der Waals surface area contributed by atoms with Gasteiger partial charge in [0.25, 0.3) is 0 Å². The first-order chi connectivity index (χ1) is 8.66. The number of hydrogen-bond acceptors (Lipinski definition) is 2. The van der Waals surface area contributed by atoms with Crippen molar-refractivity contribution in [3.63, 3.8) is 0 Å². The zero-order chi connectivity index (χ0) is 13.6. The second-order valence-corrected chi connectivity index (χ2v) is 5.31. The van der Waals surface area contributed by atoms with E-state index in [1.807, 2.05) is 11.9 Å². The Kier molecular flexibility index (Phi) is 19.4. The van der Waals surface area contributed by atoms with Crippen LogP contribution in [0.15, 0.2) is 0 Å². The van der Waals surface area contributed by atoms with Crippen LogP contribution < -0.4 is 0 Å². The van der Waals surface area contributed by atoms with Crippen molar-refractivity contribution < 1.29 is 12.8 Å². The molecule has 0 saturated carbocycles. The number of nitrogens with zero attached hydrogens (tertiary/aromatic N) is 1. The molecule has 0 unspecified atom stereocenters. The summed E-state index contributed by atoms with van der Waals surface area (Å²) in [4.78, 5) is 12.3. The quantitative estimate of drug-likeness (QED) is 0.416. The Morgan fingerprint density at radius 2 is 1.37 bits per heavy atom. The van der Waals surface area contributed by atoms with Crippen LogP contribution in [-0.2, 0) is 4.79 Å². The fourth-order valence-electron chi connectivity index (χ4n) is 2.18. The van der Waals surface area contributed by atoms with E-state index in [0.29, 0.717) is 0 Å². The molecule has 0 atom stereocenters. The summed E-state index contributed by atoms with van der Waals surface area (Å²) in [5, 5.41) is 8.60. The van der Waals surface area contributed by atoms with E-state index in [1.54, 1.807) is 0 Å². The molecule has 0 aliphatic rings. The van der Waals surface area contributed by atoms with E-state index in [0.717, 1.165) is 13.0 Å². The predicted octanol–water partition coefficient (Wildman–Crippen LogP) is 3.77. The minimum absolute atomic E-state index is 0. The molecule has 112 valence electrons. The van der Waals surface area contributed by atoms with E-state index < -0.39 is 5.97 Å². The molecule has 0 fully saturated rings. The molecule has 0 rings (SSSR count). The van der Waals surface area contributed by atoms with Crippen LogP contribution in [0.4, 0.5) is 0 Å². The van der Waals surface area contributed by atoms with Gasteiger partial charge < -0.3 is 7.96 Å². The summed E-state index contributed by atoms with van der Waals surface area (Å²) in [5.74, 6) is -0.732. The third-order valence-corrected chi connectivity index (χ3v) is 3.30. The summed E-state index contributed by atoms with van der Waals surface area (Å²) < 4.78 is 0. The number of rotatable bonds is 13. The van der Waals surface area contributed by atoms with Gasteiger partial charge in [-0.05, 0) is 20.0 Å². The third kappa shape index (κ3) is 18.7. The average molecular weight is 300 g/mol. The van der Waals surface area contributed by atoms with Gasteiger partial charge in [-0.15, -0.1) is 0 Å². The Morgan fingerprint density at radius 1 is 0.947 bits per heavy atom. The zero-order valence-electron chi connectivity index (χ0n) is 15.0. The van der Waals surface area contributed by atoms with Crippen LogP contribution in [-0.4, -0.2) is 73.9 Å². The number of likely N-dealkylation sites (N-methyl/N-ethyl adjacent to an activating group) is 1. The summed E-state index contributed by atoms with van der Waals surface area (Å²) in [6.07, 6.45) is 13.3. The van der Waals surface area contributed by atoms with E-state index in [2.05, 4.69) is 6.92 Å². The first-order valence-electron chi connectivity index (χ1n) is 7.57. The minimum atomic E-state index is -0.732. The van der Waals surface area contributed by atoms with Gasteiger partial charge in [0.05, 0.1) is 6.54 Å². The predicted molar refractivity (Wildman–Crippen MR) is 85.0 cm³/mol. The van der Waals surface area contributed by atoms with Gasteiger partial charge in [0, 0.05) is 0 Å². The number of carboxylic acids is 1. The van der Waals surface area contributed by atoms with Crippen molar-refractivity contribution in [3.05, 3.63) is 0 Å². The number of carbonyl (C=O) groups is 1. The summed E-state index contributed by atoms with van der Waals surface area (Å²) in [5.41, 5.74) is 0. The molecule has 0 bridgehead atoms. The molecule has 0 aromatic carbocycles. The summed E-state index contributed by atoms with van der Waals surface area (Å²) >= 11 is 0. The molecule has 0 aromatic rings. The van der Waals surface area contributed by atoms with Gasteiger partial charge in [0.15, 0.2) is 0 Å². The van der Waals surface area contributed by atoms with E-state index in [1.165, 1.54) is 57.8 Å². The molecule has 0 aliphatic heterocycles. The summed E-state index contributed by atoms with van der Waals surface area (Å²) in [6.45, 7) is 3.32. The second kappa shape index (κ2) is 16.7. The van der Waals surface area contributed by atoms with Crippen LogP contribution >= 0.6 is 0 Å². The van der Waals surface area contributed by atoms with Crippen molar-refractivity contribution in [3.8, 4) is 0 Å². The minimum Gasteiger partial charge on any atom is -1.00 e. The molecule has 1 N–H and O–H groups in total. The van der Waals surface area contributed by atoms with Gasteiger partial charge in [-0.2, -0.15) is 0 Å². The first kappa shape index (κ1) is 22.0. The smallest absolute Gasteiger partial charge is 1.00 e. The average Bonchev–Trinajstić information content (AvgIpc) is 2.30. The van der Waals surface area contributed by atoms with Crippen molar-refractivity contribution in [2.45, 2.75) is 71.1 Å². The molecule has 0 spiro atoms. The fraction of sp³-hybridized carbons (Fsp3) is 0.933. The van der Waals surface area contributed by atoms with E-state index >= 15 is 0 Å². The Morgan fingerprint density at radius 3 is 1.79 bits per heavy atom. The number of aliphatic carboxylic acids is 1. The van der Waals surface area contributed by atoms with Crippen LogP contribution in [0.3, 0.4) is 0 Å². The molecular weight excluding hydrogens is 266 g/mol. The zero-order valence-corrected chi connectivity index (χ0v) is 15.2. The Balaban J connectivity index is -0.000000482. The van der Waals surface area contributed by atoms with Gasteiger partial charge in [0.1, 0.15) is 0 Å². The van der Waals surface area contributed by atoms with E-state index in [-0.39, 0.29) is 47.1 Å². The first-order valence-corrected chi connectivity index (χ1v) is 7.57. The molecular formula is C15H33CaNO2. The van der Waals surface area contributed by atoms with Crippen LogP contribution in [0.5, 0.6) is 0 Å². The molecule has 3 nitrogen and oxygen atoms in total. The van der Waals surface area contributed by atoms with Crippen LogP contribution in [0.1, 0.15) is 74.0 Å². The number of carboxylic acid groups (broad SMARTS) is 1. The van der Waals surface area contributed by atoms with E-state index in [9.17, 15) is 4.79 Å². The van der Waals surface area contributed by atoms with Crippen molar-refractivity contribution in [1.29, 1.82) is 0 Å². The maximum absolute atomic E-state index is 10.5. The Hall–Kier alpha value is 0.690. The summed E-state index contributed by atoms with van der Waals surface area (Å²) in [7, 11) is 1.88.